The number of fused-ring (bicyclic) bond motifs is 2. The van der Waals surface area contributed by atoms with Crippen LogP contribution in [0.3, 0.4) is 0 Å². The lowest BCUT2D eigenvalue weighted by Crippen LogP contribution is -2.57. The summed E-state index contributed by atoms with van der Waals surface area (Å²) in [5.41, 5.74) is 2.07. The molecular weight excluding hydrogens is 212 g/mol. The van der Waals surface area contributed by atoms with Crippen LogP contribution >= 0.6 is 0 Å². The fourth-order valence-corrected chi connectivity index (χ4v) is 3.93. The summed E-state index contributed by atoms with van der Waals surface area (Å²) in [6, 6.07) is 0. The molecule has 1 heterocycles. The molecule has 2 heteroatoms. The second-order valence-electron chi connectivity index (χ2n) is 6.42. The number of rotatable bonds is 0. The van der Waals surface area contributed by atoms with Crippen molar-refractivity contribution in [2.75, 3.05) is 0 Å². The van der Waals surface area contributed by atoms with E-state index in [9.17, 15) is 5.11 Å². The van der Waals surface area contributed by atoms with Crippen LogP contribution in [0.5, 0.6) is 0 Å². The third kappa shape index (κ3) is 1.36. The summed E-state index contributed by atoms with van der Waals surface area (Å²) in [4.78, 5) is 0. The molecule has 0 bridgehead atoms. The van der Waals surface area contributed by atoms with Crippen LogP contribution in [0.2, 0.25) is 0 Å². The van der Waals surface area contributed by atoms with Crippen LogP contribution in [0.25, 0.3) is 0 Å². The first-order chi connectivity index (χ1) is 7.96. The molecule has 0 radical (unpaired) electrons. The number of hydrogen-bond acceptors (Lipinski definition) is 2. The lowest BCUT2D eigenvalue weighted by molar-refractivity contribution is -0.140. The highest BCUT2D eigenvalue weighted by atomic mass is 16.3. The highest BCUT2D eigenvalue weighted by Crippen LogP contribution is 2.54. The zero-order valence-electron chi connectivity index (χ0n) is 11.0. The number of furan rings is 1. The first-order valence-electron chi connectivity index (χ1n) is 6.74. The van der Waals surface area contributed by atoms with Gasteiger partial charge in [0.2, 0.25) is 0 Å². The van der Waals surface area contributed by atoms with Gasteiger partial charge in [-0.3, -0.25) is 0 Å². The van der Waals surface area contributed by atoms with E-state index in [1.54, 1.807) is 0 Å². The average Bonchev–Trinajstić information content (AvgIpc) is 2.59. The van der Waals surface area contributed by atoms with E-state index in [1.807, 2.05) is 6.26 Å². The molecule has 0 spiro atoms. The molecule has 17 heavy (non-hydrogen) atoms. The van der Waals surface area contributed by atoms with Crippen LogP contribution in [0.4, 0.5) is 0 Å². The first-order valence-corrected chi connectivity index (χ1v) is 6.74. The van der Waals surface area contributed by atoms with E-state index in [0.717, 1.165) is 25.0 Å². The maximum absolute atomic E-state index is 11.0. The Morgan fingerprint density at radius 1 is 1.41 bits per heavy atom. The summed E-state index contributed by atoms with van der Waals surface area (Å²) in [6.45, 7) is 6.68. The van der Waals surface area contributed by atoms with Crippen molar-refractivity contribution in [1.82, 2.24) is 0 Å². The third-order valence-corrected chi connectivity index (χ3v) is 5.57. The van der Waals surface area contributed by atoms with Crippen LogP contribution in [0.1, 0.15) is 50.0 Å². The molecule has 3 rings (SSSR count). The van der Waals surface area contributed by atoms with E-state index in [4.69, 9.17) is 4.42 Å². The molecule has 2 nitrogen and oxygen atoms in total. The van der Waals surface area contributed by atoms with Crippen LogP contribution in [-0.2, 0) is 12.8 Å². The molecule has 0 unspecified atom stereocenters. The monoisotopic (exact) mass is 234 g/mol. The molecule has 2 aliphatic carbocycles. The fraction of sp³-hybridized carbons (Fsp3) is 0.733. The second-order valence-corrected chi connectivity index (χ2v) is 6.42. The molecule has 0 saturated heterocycles. The SMILES string of the molecule is Cc1coc2c1C[C@@]1(C)[C@@H](C)CCC[C@@]1(O)C2. The number of hydrogen-bond donors (Lipinski definition) is 1. The topological polar surface area (TPSA) is 33.4 Å². The highest BCUT2D eigenvalue weighted by Gasteiger charge is 2.55. The summed E-state index contributed by atoms with van der Waals surface area (Å²) >= 11 is 0. The van der Waals surface area contributed by atoms with Gasteiger partial charge < -0.3 is 9.52 Å². The van der Waals surface area contributed by atoms with Crippen molar-refractivity contribution in [3.8, 4) is 0 Å². The minimum absolute atomic E-state index is 0.0207. The van der Waals surface area contributed by atoms with E-state index in [1.165, 1.54) is 17.5 Å². The van der Waals surface area contributed by atoms with Gasteiger partial charge in [0.25, 0.3) is 0 Å². The van der Waals surface area contributed by atoms with Crippen molar-refractivity contribution in [1.29, 1.82) is 0 Å². The van der Waals surface area contributed by atoms with Gasteiger partial charge in [-0.15, -0.1) is 0 Å². The van der Waals surface area contributed by atoms with Gasteiger partial charge in [0.05, 0.1) is 11.9 Å². The molecule has 1 aromatic rings. The quantitative estimate of drug-likeness (QED) is 0.747. The lowest BCUT2D eigenvalue weighted by atomic mass is 9.53. The van der Waals surface area contributed by atoms with Crippen molar-refractivity contribution >= 4 is 0 Å². The van der Waals surface area contributed by atoms with Crippen LogP contribution < -0.4 is 0 Å². The zero-order chi connectivity index (χ0) is 12.3. The summed E-state index contributed by atoms with van der Waals surface area (Å²) in [5, 5.41) is 11.0. The van der Waals surface area contributed by atoms with Gasteiger partial charge in [0.15, 0.2) is 0 Å². The molecule has 94 valence electrons. The van der Waals surface area contributed by atoms with Crippen molar-refractivity contribution in [2.45, 2.75) is 58.5 Å². The summed E-state index contributed by atoms with van der Waals surface area (Å²) in [6.07, 6.45) is 6.83. The minimum Gasteiger partial charge on any atom is -0.469 e. The smallest absolute Gasteiger partial charge is 0.110 e. The molecule has 1 aromatic heterocycles. The molecule has 2 aliphatic rings. The van der Waals surface area contributed by atoms with E-state index < -0.39 is 5.60 Å². The van der Waals surface area contributed by atoms with E-state index in [0.29, 0.717) is 12.3 Å². The van der Waals surface area contributed by atoms with Crippen molar-refractivity contribution in [3.05, 3.63) is 23.2 Å². The predicted octanol–water partition coefficient (Wildman–Crippen LogP) is 3.24. The summed E-state index contributed by atoms with van der Waals surface area (Å²) in [5.74, 6) is 1.61. The Morgan fingerprint density at radius 2 is 2.18 bits per heavy atom. The van der Waals surface area contributed by atoms with Gasteiger partial charge in [0, 0.05) is 11.8 Å². The summed E-state index contributed by atoms with van der Waals surface area (Å²) in [7, 11) is 0. The molecule has 1 saturated carbocycles. The molecule has 0 amide bonds. The molecule has 0 aromatic carbocycles. The van der Waals surface area contributed by atoms with Crippen LogP contribution in [0, 0.1) is 18.3 Å². The van der Waals surface area contributed by atoms with Gasteiger partial charge in [-0.2, -0.15) is 0 Å². The fourth-order valence-electron chi connectivity index (χ4n) is 3.93. The maximum atomic E-state index is 11.0. The molecule has 3 atom stereocenters. The number of aryl methyl sites for hydroxylation is 1. The Kier molecular flexibility index (Phi) is 2.25. The normalized spacial score (nSPS) is 40.8. The van der Waals surface area contributed by atoms with E-state index in [-0.39, 0.29) is 5.41 Å². The molecule has 0 aliphatic heterocycles. The van der Waals surface area contributed by atoms with Gasteiger partial charge >= 0.3 is 0 Å². The Balaban J connectivity index is 2.09. The van der Waals surface area contributed by atoms with Gasteiger partial charge in [0.1, 0.15) is 5.76 Å². The van der Waals surface area contributed by atoms with E-state index >= 15 is 0 Å². The Bertz CT molecular complexity index is 448. The van der Waals surface area contributed by atoms with Crippen molar-refractivity contribution < 1.29 is 9.52 Å². The standard InChI is InChI=1S/C15H22O2/c1-10-9-17-13-8-15(16)6-4-5-11(2)14(15,3)7-12(10)13/h9,11,16H,4-8H2,1-3H3/t11-,14-,15+/m0/s1. The van der Waals surface area contributed by atoms with Crippen molar-refractivity contribution in [3.63, 3.8) is 0 Å². The molecule has 1 fully saturated rings. The number of aliphatic hydroxyl groups is 1. The molecule has 1 N–H and O–H groups in total. The minimum atomic E-state index is -0.554. The highest BCUT2D eigenvalue weighted by molar-refractivity contribution is 5.34. The second kappa shape index (κ2) is 3.38. The largest absolute Gasteiger partial charge is 0.469 e. The van der Waals surface area contributed by atoms with Gasteiger partial charge in [-0.05, 0) is 43.2 Å². The Labute approximate surface area is 103 Å². The maximum Gasteiger partial charge on any atom is 0.110 e. The Hall–Kier alpha value is -0.760. The molecular formula is C15H22O2. The lowest BCUT2D eigenvalue weighted by Gasteiger charge is -2.54. The van der Waals surface area contributed by atoms with E-state index in [2.05, 4.69) is 20.8 Å². The van der Waals surface area contributed by atoms with Gasteiger partial charge in [-0.25, -0.2) is 0 Å². The predicted molar refractivity (Wildman–Crippen MR) is 66.9 cm³/mol. The zero-order valence-corrected chi connectivity index (χ0v) is 11.0. The van der Waals surface area contributed by atoms with Crippen LogP contribution in [0.15, 0.2) is 10.7 Å². The third-order valence-electron chi connectivity index (χ3n) is 5.57. The summed E-state index contributed by atoms with van der Waals surface area (Å²) < 4.78 is 5.62. The van der Waals surface area contributed by atoms with Gasteiger partial charge in [-0.1, -0.05) is 20.3 Å². The van der Waals surface area contributed by atoms with Crippen molar-refractivity contribution in [2.24, 2.45) is 11.3 Å². The average molecular weight is 234 g/mol. The Morgan fingerprint density at radius 3 is 2.94 bits per heavy atom. The first kappa shape index (κ1) is 11.3. The van der Waals surface area contributed by atoms with Crippen LogP contribution in [-0.4, -0.2) is 10.7 Å².